The first-order chi connectivity index (χ1) is 7.25. The predicted octanol–water partition coefficient (Wildman–Crippen LogP) is 3.81. The standard InChI is InChI=1S/C10H13Br2NOS/c11-5-2-1-3-6-13-10(14)9-8(12)4-7-15-9/h4,7H,1-3,5-6H2,(H,13,14). The van der Waals surface area contributed by atoms with Gasteiger partial charge in [-0.1, -0.05) is 22.4 Å². The molecule has 0 aliphatic carbocycles. The Hall–Kier alpha value is 0.130. The maximum absolute atomic E-state index is 11.6. The van der Waals surface area contributed by atoms with E-state index in [0.717, 1.165) is 34.1 Å². The van der Waals surface area contributed by atoms with Crippen LogP contribution in [-0.4, -0.2) is 17.8 Å². The zero-order valence-electron chi connectivity index (χ0n) is 8.26. The fourth-order valence-electron chi connectivity index (χ4n) is 1.13. The molecule has 5 heteroatoms. The average molecular weight is 355 g/mol. The molecule has 0 aromatic carbocycles. The third kappa shape index (κ3) is 4.66. The first kappa shape index (κ1) is 13.2. The van der Waals surface area contributed by atoms with Gasteiger partial charge in [-0.05, 0) is 40.2 Å². The maximum atomic E-state index is 11.6. The Morgan fingerprint density at radius 3 is 2.80 bits per heavy atom. The molecule has 0 unspecified atom stereocenters. The lowest BCUT2D eigenvalue weighted by molar-refractivity contribution is 0.0956. The smallest absolute Gasteiger partial charge is 0.262 e. The fourth-order valence-corrected chi connectivity index (χ4v) is 3.00. The number of unbranched alkanes of at least 4 members (excludes halogenated alkanes) is 2. The molecule has 0 fully saturated rings. The Labute approximate surface area is 111 Å². The summed E-state index contributed by atoms with van der Waals surface area (Å²) in [5.74, 6) is 0.0238. The van der Waals surface area contributed by atoms with Gasteiger partial charge in [-0.3, -0.25) is 4.79 Å². The topological polar surface area (TPSA) is 29.1 Å². The van der Waals surface area contributed by atoms with Crippen molar-refractivity contribution in [2.75, 3.05) is 11.9 Å². The molecule has 1 rings (SSSR count). The fraction of sp³-hybridized carbons (Fsp3) is 0.500. The van der Waals surface area contributed by atoms with E-state index in [1.165, 1.54) is 17.8 Å². The second-order valence-electron chi connectivity index (χ2n) is 3.10. The van der Waals surface area contributed by atoms with Gasteiger partial charge in [-0.15, -0.1) is 11.3 Å². The molecule has 1 aromatic heterocycles. The number of carbonyl (C=O) groups is 1. The zero-order valence-corrected chi connectivity index (χ0v) is 12.3. The van der Waals surface area contributed by atoms with Gasteiger partial charge in [0.15, 0.2) is 0 Å². The molecule has 0 saturated carbocycles. The van der Waals surface area contributed by atoms with Crippen molar-refractivity contribution in [1.82, 2.24) is 5.32 Å². The molecular formula is C10H13Br2NOS. The molecule has 1 aromatic rings. The van der Waals surface area contributed by atoms with Crippen LogP contribution >= 0.6 is 43.2 Å². The second kappa shape index (κ2) is 7.41. The van der Waals surface area contributed by atoms with E-state index >= 15 is 0 Å². The van der Waals surface area contributed by atoms with Gasteiger partial charge >= 0.3 is 0 Å². The van der Waals surface area contributed by atoms with Gasteiger partial charge in [0.25, 0.3) is 5.91 Å². The third-order valence-corrected chi connectivity index (χ3v) is 4.32. The molecule has 0 atom stereocenters. The number of thiophene rings is 1. The van der Waals surface area contributed by atoms with Gasteiger partial charge in [-0.25, -0.2) is 0 Å². The van der Waals surface area contributed by atoms with Crippen molar-refractivity contribution in [1.29, 1.82) is 0 Å². The van der Waals surface area contributed by atoms with Crippen LogP contribution in [0.5, 0.6) is 0 Å². The number of nitrogens with one attached hydrogen (secondary N) is 1. The molecule has 1 amide bonds. The van der Waals surface area contributed by atoms with Crippen molar-refractivity contribution in [2.45, 2.75) is 19.3 Å². The van der Waals surface area contributed by atoms with Crippen molar-refractivity contribution >= 4 is 49.1 Å². The molecule has 84 valence electrons. The van der Waals surface area contributed by atoms with Gasteiger partial charge in [0, 0.05) is 16.3 Å². The predicted molar refractivity (Wildman–Crippen MR) is 72.0 cm³/mol. The molecule has 1 N–H and O–H groups in total. The van der Waals surface area contributed by atoms with E-state index in [-0.39, 0.29) is 5.91 Å². The average Bonchev–Trinajstić information content (AvgIpc) is 2.64. The van der Waals surface area contributed by atoms with Crippen LogP contribution in [0.1, 0.15) is 28.9 Å². The Kier molecular flexibility index (Phi) is 6.52. The number of halogens is 2. The Morgan fingerprint density at radius 2 is 2.20 bits per heavy atom. The Bertz CT molecular complexity index is 314. The van der Waals surface area contributed by atoms with E-state index in [0.29, 0.717) is 0 Å². The van der Waals surface area contributed by atoms with Gasteiger partial charge in [0.2, 0.25) is 0 Å². The van der Waals surface area contributed by atoms with Crippen LogP contribution in [0.2, 0.25) is 0 Å². The molecule has 0 aliphatic heterocycles. The highest BCUT2D eigenvalue weighted by Crippen LogP contribution is 2.22. The van der Waals surface area contributed by atoms with Crippen LogP contribution in [0.3, 0.4) is 0 Å². The van der Waals surface area contributed by atoms with Crippen molar-refractivity contribution in [3.63, 3.8) is 0 Å². The van der Waals surface area contributed by atoms with E-state index in [9.17, 15) is 4.79 Å². The van der Waals surface area contributed by atoms with Crippen LogP contribution in [0.4, 0.5) is 0 Å². The number of rotatable bonds is 6. The molecular weight excluding hydrogens is 342 g/mol. The van der Waals surface area contributed by atoms with Gasteiger partial charge in [-0.2, -0.15) is 0 Å². The van der Waals surface area contributed by atoms with Crippen LogP contribution < -0.4 is 5.32 Å². The summed E-state index contributed by atoms with van der Waals surface area (Å²) in [7, 11) is 0. The second-order valence-corrected chi connectivity index (χ2v) is 5.67. The third-order valence-electron chi connectivity index (χ3n) is 1.92. The summed E-state index contributed by atoms with van der Waals surface area (Å²) < 4.78 is 0.880. The largest absolute Gasteiger partial charge is 0.351 e. The number of hydrogen-bond acceptors (Lipinski definition) is 2. The molecule has 1 heterocycles. The summed E-state index contributed by atoms with van der Waals surface area (Å²) in [6.07, 6.45) is 3.36. The highest BCUT2D eigenvalue weighted by atomic mass is 79.9. The minimum absolute atomic E-state index is 0.0238. The lowest BCUT2D eigenvalue weighted by Gasteiger charge is -2.03. The van der Waals surface area contributed by atoms with Crippen molar-refractivity contribution in [3.8, 4) is 0 Å². The minimum Gasteiger partial charge on any atom is -0.351 e. The molecule has 15 heavy (non-hydrogen) atoms. The summed E-state index contributed by atoms with van der Waals surface area (Å²) in [5.41, 5.74) is 0. The highest BCUT2D eigenvalue weighted by molar-refractivity contribution is 9.10. The quantitative estimate of drug-likeness (QED) is 0.610. The lowest BCUT2D eigenvalue weighted by atomic mass is 10.2. The minimum atomic E-state index is 0.0238. The number of hydrogen-bond donors (Lipinski definition) is 1. The monoisotopic (exact) mass is 353 g/mol. The van der Waals surface area contributed by atoms with Crippen molar-refractivity contribution < 1.29 is 4.79 Å². The summed E-state index contributed by atoms with van der Waals surface area (Å²) in [6, 6.07) is 1.89. The summed E-state index contributed by atoms with van der Waals surface area (Å²) in [4.78, 5) is 12.4. The molecule has 0 radical (unpaired) electrons. The van der Waals surface area contributed by atoms with E-state index in [4.69, 9.17) is 0 Å². The van der Waals surface area contributed by atoms with E-state index in [2.05, 4.69) is 37.2 Å². The van der Waals surface area contributed by atoms with Crippen LogP contribution in [-0.2, 0) is 0 Å². The van der Waals surface area contributed by atoms with Gasteiger partial charge in [0.05, 0.1) is 0 Å². The number of amides is 1. The van der Waals surface area contributed by atoms with Gasteiger partial charge < -0.3 is 5.32 Å². The van der Waals surface area contributed by atoms with Crippen LogP contribution in [0.25, 0.3) is 0 Å². The number of carbonyl (C=O) groups excluding carboxylic acids is 1. The lowest BCUT2D eigenvalue weighted by Crippen LogP contribution is -2.23. The molecule has 0 spiro atoms. The first-order valence-electron chi connectivity index (χ1n) is 4.83. The molecule has 0 aliphatic rings. The first-order valence-corrected chi connectivity index (χ1v) is 7.62. The van der Waals surface area contributed by atoms with Crippen LogP contribution in [0.15, 0.2) is 15.9 Å². The normalized spacial score (nSPS) is 10.3. The summed E-state index contributed by atoms with van der Waals surface area (Å²) in [5, 5.41) is 5.86. The van der Waals surface area contributed by atoms with Crippen molar-refractivity contribution in [3.05, 3.63) is 20.8 Å². The van der Waals surface area contributed by atoms with Gasteiger partial charge in [0.1, 0.15) is 4.88 Å². The molecule has 2 nitrogen and oxygen atoms in total. The summed E-state index contributed by atoms with van der Waals surface area (Å²) in [6.45, 7) is 0.760. The SMILES string of the molecule is O=C(NCCCCCBr)c1sccc1Br. The van der Waals surface area contributed by atoms with E-state index in [1.807, 2.05) is 11.4 Å². The zero-order chi connectivity index (χ0) is 11.1. The molecule has 0 bridgehead atoms. The Balaban J connectivity index is 2.22. The maximum Gasteiger partial charge on any atom is 0.262 e. The van der Waals surface area contributed by atoms with Crippen LogP contribution in [0, 0.1) is 0 Å². The highest BCUT2D eigenvalue weighted by Gasteiger charge is 2.09. The van der Waals surface area contributed by atoms with E-state index in [1.54, 1.807) is 0 Å². The van der Waals surface area contributed by atoms with Crippen molar-refractivity contribution in [2.24, 2.45) is 0 Å². The van der Waals surface area contributed by atoms with E-state index < -0.39 is 0 Å². The number of alkyl halides is 1. The summed E-state index contributed by atoms with van der Waals surface area (Å²) >= 11 is 8.18. The Morgan fingerprint density at radius 1 is 1.40 bits per heavy atom. The molecule has 0 saturated heterocycles.